The molecule has 0 spiro atoms. The standard InChI is InChI=1S/C16H18N2O2S/c1-2-20-16(19)14-13(11-6-7-11)18-15(21-14)12-5-3-4-10(8-12)9-17/h3-5,8,11H,2,6-7,9,17H2,1H3. The summed E-state index contributed by atoms with van der Waals surface area (Å²) in [6.07, 6.45) is 2.22. The second-order valence-corrected chi connectivity index (χ2v) is 6.13. The summed E-state index contributed by atoms with van der Waals surface area (Å²) in [5, 5.41) is 0.871. The molecule has 1 aromatic heterocycles. The van der Waals surface area contributed by atoms with Crippen LogP contribution in [-0.2, 0) is 11.3 Å². The zero-order valence-electron chi connectivity index (χ0n) is 12.0. The highest BCUT2D eigenvalue weighted by atomic mass is 32.1. The number of thiazole rings is 1. The van der Waals surface area contributed by atoms with Gasteiger partial charge in [-0.2, -0.15) is 0 Å². The number of ether oxygens (including phenoxy) is 1. The summed E-state index contributed by atoms with van der Waals surface area (Å²) in [7, 11) is 0. The van der Waals surface area contributed by atoms with Gasteiger partial charge in [0.2, 0.25) is 0 Å². The van der Waals surface area contributed by atoms with Gasteiger partial charge in [0.1, 0.15) is 9.88 Å². The minimum atomic E-state index is -0.252. The van der Waals surface area contributed by atoms with Crippen molar-refractivity contribution in [3.05, 3.63) is 40.4 Å². The number of carbonyl (C=O) groups is 1. The second kappa shape index (κ2) is 5.95. The molecule has 0 bridgehead atoms. The van der Waals surface area contributed by atoms with Gasteiger partial charge in [-0.05, 0) is 31.4 Å². The van der Waals surface area contributed by atoms with Crippen molar-refractivity contribution in [2.75, 3.05) is 6.61 Å². The molecule has 0 saturated heterocycles. The lowest BCUT2D eigenvalue weighted by molar-refractivity contribution is 0.0530. The van der Waals surface area contributed by atoms with Crippen molar-refractivity contribution >= 4 is 17.3 Å². The predicted octanol–water partition coefficient (Wildman–Crippen LogP) is 3.32. The van der Waals surface area contributed by atoms with Crippen LogP contribution >= 0.6 is 11.3 Å². The smallest absolute Gasteiger partial charge is 0.350 e. The molecule has 1 aliphatic carbocycles. The number of hydrogen-bond acceptors (Lipinski definition) is 5. The summed E-state index contributed by atoms with van der Waals surface area (Å²) in [6, 6.07) is 8.00. The Morgan fingerprint density at radius 3 is 2.95 bits per heavy atom. The van der Waals surface area contributed by atoms with Crippen LogP contribution in [0, 0.1) is 0 Å². The van der Waals surface area contributed by atoms with Gasteiger partial charge in [0, 0.05) is 18.0 Å². The molecule has 1 heterocycles. The highest BCUT2D eigenvalue weighted by molar-refractivity contribution is 7.17. The Labute approximate surface area is 128 Å². The Morgan fingerprint density at radius 1 is 1.48 bits per heavy atom. The first kappa shape index (κ1) is 14.2. The van der Waals surface area contributed by atoms with Crippen LogP contribution in [-0.4, -0.2) is 17.6 Å². The molecule has 0 unspecified atom stereocenters. The Morgan fingerprint density at radius 2 is 2.29 bits per heavy atom. The Balaban J connectivity index is 1.99. The zero-order valence-corrected chi connectivity index (χ0v) is 12.8. The molecule has 1 fully saturated rings. The minimum Gasteiger partial charge on any atom is -0.462 e. The Kier molecular flexibility index (Phi) is 4.03. The molecule has 5 heteroatoms. The molecule has 21 heavy (non-hydrogen) atoms. The first-order valence-corrected chi connectivity index (χ1v) is 8.01. The SMILES string of the molecule is CCOC(=O)c1sc(-c2cccc(CN)c2)nc1C1CC1. The highest BCUT2D eigenvalue weighted by Gasteiger charge is 2.32. The number of rotatable bonds is 5. The molecule has 3 rings (SSSR count). The van der Waals surface area contributed by atoms with E-state index >= 15 is 0 Å². The van der Waals surface area contributed by atoms with E-state index in [4.69, 9.17) is 15.5 Å². The third-order valence-corrected chi connectivity index (χ3v) is 4.59. The van der Waals surface area contributed by atoms with Crippen LogP contribution in [0.2, 0.25) is 0 Å². The number of hydrogen-bond donors (Lipinski definition) is 1. The van der Waals surface area contributed by atoms with Crippen molar-refractivity contribution in [2.24, 2.45) is 5.73 Å². The molecule has 2 aromatic rings. The van der Waals surface area contributed by atoms with Gasteiger partial charge >= 0.3 is 5.97 Å². The van der Waals surface area contributed by atoms with Crippen LogP contribution in [0.1, 0.15) is 46.6 Å². The Hall–Kier alpha value is -1.72. The van der Waals surface area contributed by atoms with Gasteiger partial charge < -0.3 is 10.5 Å². The fraction of sp³-hybridized carbons (Fsp3) is 0.375. The van der Waals surface area contributed by atoms with Crippen molar-refractivity contribution in [3.63, 3.8) is 0 Å². The molecule has 0 amide bonds. The van der Waals surface area contributed by atoms with E-state index in [1.807, 2.05) is 31.2 Å². The van der Waals surface area contributed by atoms with Gasteiger partial charge in [-0.15, -0.1) is 11.3 Å². The maximum Gasteiger partial charge on any atom is 0.350 e. The summed E-state index contributed by atoms with van der Waals surface area (Å²) < 4.78 is 5.15. The van der Waals surface area contributed by atoms with E-state index in [1.165, 1.54) is 11.3 Å². The van der Waals surface area contributed by atoms with E-state index in [-0.39, 0.29) is 5.97 Å². The number of nitrogens with zero attached hydrogens (tertiary/aromatic N) is 1. The molecule has 1 aliphatic rings. The van der Waals surface area contributed by atoms with Crippen molar-refractivity contribution in [2.45, 2.75) is 32.2 Å². The molecule has 1 aromatic carbocycles. The van der Waals surface area contributed by atoms with Crippen molar-refractivity contribution in [3.8, 4) is 10.6 Å². The summed E-state index contributed by atoms with van der Waals surface area (Å²) in [5.74, 6) is 0.172. The monoisotopic (exact) mass is 302 g/mol. The average Bonchev–Trinajstić information content (AvgIpc) is 3.26. The zero-order chi connectivity index (χ0) is 14.8. The minimum absolute atomic E-state index is 0.252. The summed E-state index contributed by atoms with van der Waals surface area (Å²) in [4.78, 5) is 17.5. The van der Waals surface area contributed by atoms with E-state index in [9.17, 15) is 4.79 Å². The van der Waals surface area contributed by atoms with Crippen LogP contribution in [0.15, 0.2) is 24.3 Å². The maximum absolute atomic E-state index is 12.1. The third kappa shape index (κ3) is 2.99. The van der Waals surface area contributed by atoms with Crippen molar-refractivity contribution in [1.29, 1.82) is 0 Å². The predicted molar refractivity (Wildman–Crippen MR) is 83.4 cm³/mol. The second-order valence-electron chi connectivity index (χ2n) is 5.13. The number of benzene rings is 1. The summed E-state index contributed by atoms with van der Waals surface area (Å²) in [6.45, 7) is 2.71. The quantitative estimate of drug-likeness (QED) is 0.860. The molecule has 2 N–H and O–H groups in total. The lowest BCUT2D eigenvalue weighted by Crippen LogP contribution is -2.05. The first-order chi connectivity index (χ1) is 10.2. The number of carbonyl (C=O) groups excluding carboxylic acids is 1. The van der Waals surface area contributed by atoms with Gasteiger partial charge in [0.05, 0.1) is 12.3 Å². The Bertz CT molecular complexity index is 662. The van der Waals surface area contributed by atoms with E-state index in [0.717, 1.165) is 34.7 Å². The van der Waals surface area contributed by atoms with Crippen LogP contribution in [0.25, 0.3) is 10.6 Å². The lowest BCUT2D eigenvalue weighted by Gasteiger charge is -2.00. The summed E-state index contributed by atoms with van der Waals surface area (Å²) in [5.41, 5.74) is 8.67. The normalized spacial score (nSPS) is 14.2. The van der Waals surface area contributed by atoms with E-state index in [2.05, 4.69) is 0 Å². The molecular formula is C16H18N2O2S. The molecule has 0 atom stereocenters. The van der Waals surface area contributed by atoms with Crippen LogP contribution in [0.5, 0.6) is 0 Å². The third-order valence-electron chi connectivity index (χ3n) is 3.49. The molecule has 4 nitrogen and oxygen atoms in total. The molecule has 0 aliphatic heterocycles. The summed E-state index contributed by atoms with van der Waals surface area (Å²) >= 11 is 1.42. The molecular weight excluding hydrogens is 284 g/mol. The van der Waals surface area contributed by atoms with Gasteiger partial charge in [0.15, 0.2) is 0 Å². The average molecular weight is 302 g/mol. The van der Waals surface area contributed by atoms with Gasteiger partial charge in [-0.3, -0.25) is 0 Å². The number of aromatic nitrogens is 1. The van der Waals surface area contributed by atoms with Crippen LogP contribution in [0.4, 0.5) is 0 Å². The fourth-order valence-corrected chi connectivity index (χ4v) is 3.30. The van der Waals surface area contributed by atoms with Crippen LogP contribution in [0.3, 0.4) is 0 Å². The van der Waals surface area contributed by atoms with E-state index in [0.29, 0.717) is 23.9 Å². The largest absolute Gasteiger partial charge is 0.462 e. The van der Waals surface area contributed by atoms with Crippen molar-refractivity contribution in [1.82, 2.24) is 4.98 Å². The number of nitrogens with two attached hydrogens (primary N) is 1. The molecule has 110 valence electrons. The number of esters is 1. The van der Waals surface area contributed by atoms with Gasteiger partial charge in [-0.25, -0.2) is 9.78 Å². The maximum atomic E-state index is 12.1. The fourth-order valence-electron chi connectivity index (χ4n) is 2.26. The topological polar surface area (TPSA) is 65.2 Å². The van der Waals surface area contributed by atoms with Crippen molar-refractivity contribution < 1.29 is 9.53 Å². The van der Waals surface area contributed by atoms with Crippen LogP contribution < -0.4 is 5.73 Å². The van der Waals surface area contributed by atoms with E-state index < -0.39 is 0 Å². The van der Waals surface area contributed by atoms with Gasteiger partial charge in [-0.1, -0.05) is 18.2 Å². The van der Waals surface area contributed by atoms with E-state index in [1.54, 1.807) is 0 Å². The lowest BCUT2D eigenvalue weighted by atomic mass is 10.1. The first-order valence-electron chi connectivity index (χ1n) is 7.20. The molecule has 0 radical (unpaired) electrons. The van der Waals surface area contributed by atoms with Gasteiger partial charge in [0.25, 0.3) is 0 Å². The molecule has 1 saturated carbocycles. The highest BCUT2D eigenvalue weighted by Crippen LogP contribution is 2.44.